The van der Waals surface area contributed by atoms with Gasteiger partial charge in [-0.05, 0) is 35.7 Å². The summed E-state index contributed by atoms with van der Waals surface area (Å²) in [5.74, 6) is 1.11. The van der Waals surface area contributed by atoms with Gasteiger partial charge in [0.05, 0.1) is 18.5 Å². The van der Waals surface area contributed by atoms with Crippen molar-refractivity contribution in [1.29, 1.82) is 0 Å². The van der Waals surface area contributed by atoms with Crippen molar-refractivity contribution in [3.8, 4) is 16.9 Å². The molecule has 1 aliphatic heterocycles. The number of anilines is 1. The number of hydrogen-bond acceptors (Lipinski definition) is 5. The van der Waals surface area contributed by atoms with Crippen molar-refractivity contribution in [2.24, 2.45) is 0 Å². The molecule has 0 saturated heterocycles. The molecule has 4 rings (SSSR count). The Labute approximate surface area is 168 Å². The van der Waals surface area contributed by atoms with Crippen LogP contribution in [0.4, 0.5) is 5.69 Å². The lowest BCUT2D eigenvalue weighted by Gasteiger charge is -2.27. The normalized spacial score (nSPS) is 15.8. The fourth-order valence-electron chi connectivity index (χ4n) is 3.55. The summed E-state index contributed by atoms with van der Waals surface area (Å²) in [6.45, 7) is 1.28. The van der Waals surface area contributed by atoms with Gasteiger partial charge >= 0.3 is 0 Å². The Morgan fingerprint density at radius 2 is 2.04 bits per heavy atom. The average Bonchev–Trinajstić information content (AvgIpc) is 2.72. The number of nitrogens with zero attached hydrogens (tertiary/aromatic N) is 1. The maximum Gasteiger partial charge on any atom is 0.180 e. The van der Waals surface area contributed by atoms with E-state index in [1.54, 1.807) is 18.5 Å². The topological polar surface area (TPSA) is 74.6 Å². The Bertz CT molecular complexity index is 978. The molecular weight excluding hydrogens is 376 g/mol. The lowest BCUT2D eigenvalue weighted by Crippen LogP contribution is -2.21. The van der Waals surface area contributed by atoms with Crippen LogP contribution in [0.1, 0.15) is 29.8 Å². The molecule has 0 unspecified atom stereocenters. The highest BCUT2D eigenvalue weighted by atomic mass is 35.5. The minimum absolute atomic E-state index is 0.243. The number of aliphatic hydroxyl groups is 2. The Morgan fingerprint density at radius 1 is 1.18 bits per heavy atom. The molecule has 0 aliphatic carbocycles. The van der Waals surface area contributed by atoms with Gasteiger partial charge in [-0.3, -0.25) is 4.98 Å². The minimum atomic E-state index is -1.54. The zero-order chi connectivity index (χ0) is 19.5. The largest absolute Gasteiger partial charge is 0.493 e. The molecule has 0 amide bonds. The van der Waals surface area contributed by atoms with E-state index in [1.807, 2.05) is 30.3 Å². The van der Waals surface area contributed by atoms with Crippen LogP contribution < -0.4 is 10.1 Å². The molecule has 28 heavy (non-hydrogen) atoms. The van der Waals surface area contributed by atoms with Crippen LogP contribution in [0.15, 0.2) is 60.9 Å². The van der Waals surface area contributed by atoms with Crippen molar-refractivity contribution >= 4 is 17.3 Å². The van der Waals surface area contributed by atoms with E-state index < -0.39 is 6.29 Å². The summed E-state index contributed by atoms with van der Waals surface area (Å²) in [6, 6.07) is 15.5. The summed E-state index contributed by atoms with van der Waals surface area (Å²) in [6.07, 6.45) is 2.49. The number of benzene rings is 2. The number of rotatable bonds is 5. The smallest absolute Gasteiger partial charge is 0.180 e. The molecule has 0 spiro atoms. The van der Waals surface area contributed by atoms with Gasteiger partial charge in [0.2, 0.25) is 0 Å². The first-order valence-corrected chi connectivity index (χ1v) is 9.57. The zero-order valence-corrected chi connectivity index (χ0v) is 15.9. The molecule has 144 valence electrons. The lowest BCUT2D eigenvalue weighted by molar-refractivity contribution is -0.0419. The zero-order valence-electron chi connectivity index (χ0n) is 15.2. The van der Waals surface area contributed by atoms with E-state index in [4.69, 9.17) is 16.3 Å². The van der Waals surface area contributed by atoms with Gasteiger partial charge in [0, 0.05) is 34.8 Å². The Morgan fingerprint density at radius 3 is 2.86 bits per heavy atom. The Balaban J connectivity index is 1.56. The molecule has 1 atom stereocenters. The van der Waals surface area contributed by atoms with Gasteiger partial charge in [-0.1, -0.05) is 41.9 Å². The SMILES string of the molecule is OC(O)c1ccncc1NC[C@@H]1CCOc2cc(-c3ccccc3Cl)ccc21. The summed E-state index contributed by atoms with van der Waals surface area (Å²) in [5.41, 5.74) is 4.17. The predicted octanol–water partition coefficient (Wildman–Crippen LogP) is 4.36. The van der Waals surface area contributed by atoms with Gasteiger partial charge in [-0.2, -0.15) is 0 Å². The van der Waals surface area contributed by atoms with Crippen LogP contribution in [0, 0.1) is 0 Å². The van der Waals surface area contributed by atoms with Gasteiger partial charge in [0.25, 0.3) is 0 Å². The van der Waals surface area contributed by atoms with E-state index in [0.717, 1.165) is 28.9 Å². The third-order valence-corrected chi connectivity index (χ3v) is 5.36. The van der Waals surface area contributed by atoms with E-state index in [-0.39, 0.29) is 5.92 Å². The molecule has 0 fully saturated rings. The summed E-state index contributed by atoms with van der Waals surface area (Å²) >= 11 is 6.33. The molecule has 1 aromatic heterocycles. The van der Waals surface area contributed by atoms with Crippen molar-refractivity contribution < 1.29 is 14.9 Å². The fourth-order valence-corrected chi connectivity index (χ4v) is 3.79. The molecule has 2 aromatic carbocycles. The second-order valence-corrected chi connectivity index (χ2v) is 7.19. The number of fused-ring (bicyclic) bond motifs is 1. The molecule has 0 radical (unpaired) electrons. The van der Waals surface area contributed by atoms with Crippen molar-refractivity contribution in [1.82, 2.24) is 4.98 Å². The van der Waals surface area contributed by atoms with Crippen molar-refractivity contribution in [2.75, 3.05) is 18.5 Å². The molecule has 3 N–H and O–H groups in total. The third-order valence-electron chi connectivity index (χ3n) is 5.03. The van der Waals surface area contributed by atoms with Crippen molar-refractivity contribution in [2.45, 2.75) is 18.6 Å². The van der Waals surface area contributed by atoms with Crippen LogP contribution in [-0.4, -0.2) is 28.3 Å². The van der Waals surface area contributed by atoms with E-state index in [2.05, 4.69) is 22.4 Å². The summed E-state index contributed by atoms with van der Waals surface area (Å²) in [5, 5.41) is 23.0. The number of nitrogens with one attached hydrogen (secondary N) is 1. The minimum Gasteiger partial charge on any atom is -0.493 e. The highest BCUT2D eigenvalue weighted by molar-refractivity contribution is 6.33. The van der Waals surface area contributed by atoms with E-state index in [9.17, 15) is 10.2 Å². The first-order valence-electron chi connectivity index (χ1n) is 9.19. The lowest BCUT2D eigenvalue weighted by atomic mass is 9.91. The van der Waals surface area contributed by atoms with Crippen molar-refractivity contribution in [3.05, 3.63) is 77.1 Å². The number of hydrogen-bond donors (Lipinski definition) is 3. The van der Waals surface area contributed by atoms with Gasteiger partial charge in [-0.25, -0.2) is 0 Å². The number of pyridine rings is 1. The van der Waals surface area contributed by atoms with Gasteiger partial charge < -0.3 is 20.3 Å². The highest BCUT2D eigenvalue weighted by Crippen LogP contribution is 2.38. The number of ether oxygens (including phenoxy) is 1. The number of aliphatic hydroxyl groups excluding tert-OH is 1. The first kappa shape index (κ1) is 18.7. The molecule has 6 heteroatoms. The van der Waals surface area contributed by atoms with Crippen molar-refractivity contribution in [3.63, 3.8) is 0 Å². The molecule has 0 bridgehead atoms. The molecule has 0 saturated carbocycles. The van der Waals surface area contributed by atoms with Crippen LogP contribution in [0.25, 0.3) is 11.1 Å². The fraction of sp³-hybridized carbons (Fsp3) is 0.227. The summed E-state index contributed by atoms with van der Waals surface area (Å²) in [4.78, 5) is 4.07. The Hall–Kier alpha value is -2.60. The third kappa shape index (κ3) is 3.83. The average molecular weight is 397 g/mol. The number of aromatic nitrogens is 1. The molecule has 5 nitrogen and oxygen atoms in total. The second-order valence-electron chi connectivity index (χ2n) is 6.78. The monoisotopic (exact) mass is 396 g/mol. The van der Waals surface area contributed by atoms with E-state index in [0.29, 0.717) is 29.4 Å². The molecule has 3 aromatic rings. The highest BCUT2D eigenvalue weighted by Gasteiger charge is 2.23. The van der Waals surface area contributed by atoms with Gasteiger partial charge in [-0.15, -0.1) is 0 Å². The Kier molecular flexibility index (Phi) is 5.48. The van der Waals surface area contributed by atoms with Crippen LogP contribution in [-0.2, 0) is 0 Å². The van der Waals surface area contributed by atoms with Crippen LogP contribution in [0.2, 0.25) is 5.02 Å². The standard InChI is InChI=1S/C22H21ClN2O3/c23-19-4-2-1-3-16(19)14-5-6-17-15(8-10-28-21(17)11-14)12-25-20-13-24-9-7-18(20)22(26)27/h1-7,9,11,13,15,22,25-27H,8,10,12H2/t15-/m0/s1. The van der Waals surface area contributed by atoms with Crippen LogP contribution in [0.5, 0.6) is 5.75 Å². The number of halogens is 1. The first-order chi connectivity index (χ1) is 13.6. The van der Waals surface area contributed by atoms with Gasteiger partial charge in [0.1, 0.15) is 5.75 Å². The molecule has 2 heterocycles. The summed E-state index contributed by atoms with van der Waals surface area (Å²) in [7, 11) is 0. The van der Waals surface area contributed by atoms with E-state index in [1.165, 1.54) is 0 Å². The van der Waals surface area contributed by atoms with E-state index >= 15 is 0 Å². The second kappa shape index (κ2) is 8.19. The summed E-state index contributed by atoms with van der Waals surface area (Å²) < 4.78 is 5.91. The maximum absolute atomic E-state index is 9.52. The maximum atomic E-state index is 9.52. The van der Waals surface area contributed by atoms with Crippen LogP contribution in [0.3, 0.4) is 0 Å². The quantitative estimate of drug-likeness (QED) is 0.558. The molecular formula is C22H21ClN2O3. The molecule has 1 aliphatic rings. The van der Waals surface area contributed by atoms with Gasteiger partial charge in [0.15, 0.2) is 6.29 Å². The predicted molar refractivity (Wildman–Crippen MR) is 110 cm³/mol. The van der Waals surface area contributed by atoms with Crippen LogP contribution >= 0.6 is 11.6 Å².